The van der Waals surface area contributed by atoms with Gasteiger partial charge >= 0.3 is 0 Å². The molecule has 1 saturated heterocycles. The smallest absolute Gasteiger partial charge is 0.0552 e. The highest BCUT2D eigenvalue weighted by Gasteiger charge is 2.19. The van der Waals surface area contributed by atoms with Crippen LogP contribution in [0.25, 0.3) is 0 Å². The van der Waals surface area contributed by atoms with Gasteiger partial charge in [0.05, 0.1) is 17.6 Å². The molecular weight excluding hydrogens is 214 g/mol. The fraction of sp³-hybridized carbons (Fsp3) is 0.615. The van der Waals surface area contributed by atoms with Crippen molar-refractivity contribution in [3.63, 3.8) is 0 Å². The van der Waals surface area contributed by atoms with Crippen molar-refractivity contribution in [1.29, 1.82) is 0 Å². The number of nitrogens with two attached hydrogens (primary N) is 1. The van der Waals surface area contributed by atoms with E-state index in [2.05, 4.69) is 16.0 Å². The molecular formula is C13H21N3O. The van der Waals surface area contributed by atoms with E-state index in [4.69, 9.17) is 10.5 Å². The van der Waals surface area contributed by atoms with E-state index >= 15 is 0 Å². The lowest BCUT2D eigenvalue weighted by Crippen LogP contribution is -2.35. The Balaban J connectivity index is 1.91. The van der Waals surface area contributed by atoms with Gasteiger partial charge < -0.3 is 15.4 Å². The molecule has 0 atom stereocenters. The largest absolute Gasteiger partial charge is 0.384 e. The zero-order valence-electron chi connectivity index (χ0n) is 10.4. The molecule has 0 aliphatic carbocycles. The second-order valence-corrected chi connectivity index (χ2v) is 4.60. The maximum atomic E-state index is 5.54. The quantitative estimate of drug-likeness (QED) is 0.857. The van der Waals surface area contributed by atoms with Crippen LogP contribution in [-0.4, -0.2) is 31.8 Å². The Morgan fingerprint density at radius 3 is 2.71 bits per heavy atom. The van der Waals surface area contributed by atoms with Gasteiger partial charge in [0.1, 0.15) is 0 Å². The minimum atomic E-state index is 0.510. The number of anilines is 1. The van der Waals surface area contributed by atoms with Gasteiger partial charge in [0.25, 0.3) is 0 Å². The van der Waals surface area contributed by atoms with Crippen LogP contribution in [0.15, 0.2) is 18.3 Å². The Labute approximate surface area is 103 Å². The molecule has 0 unspecified atom stereocenters. The topological polar surface area (TPSA) is 51.4 Å². The maximum absolute atomic E-state index is 5.54. The number of rotatable bonds is 4. The van der Waals surface area contributed by atoms with E-state index in [1.54, 1.807) is 7.11 Å². The van der Waals surface area contributed by atoms with Gasteiger partial charge in [-0.25, -0.2) is 0 Å². The molecule has 2 heterocycles. The lowest BCUT2D eigenvalue weighted by Gasteiger charge is -2.33. The number of methoxy groups -OCH3 is 1. The summed E-state index contributed by atoms with van der Waals surface area (Å²) in [5, 5.41) is 0. The van der Waals surface area contributed by atoms with E-state index in [-0.39, 0.29) is 0 Å². The van der Waals surface area contributed by atoms with Crippen LogP contribution in [0.5, 0.6) is 0 Å². The molecule has 2 N–H and O–H groups in total. The molecule has 0 saturated carbocycles. The Morgan fingerprint density at radius 1 is 1.41 bits per heavy atom. The lowest BCUT2D eigenvalue weighted by atomic mass is 9.97. The highest BCUT2D eigenvalue weighted by molar-refractivity contribution is 5.44. The average molecular weight is 235 g/mol. The summed E-state index contributed by atoms with van der Waals surface area (Å²) in [6, 6.07) is 4.13. The molecule has 0 amide bonds. The molecule has 2 rings (SSSR count). The molecule has 1 aliphatic rings. The van der Waals surface area contributed by atoms with Crippen molar-refractivity contribution in [3.8, 4) is 0 Å². The van der Waals surface area contributed by atoms with Gasteiger partial charge in [-0.1, -0.05) is 0 Å². The van der Waals surface area contributed by atoms with Crippen LogP contribution in [0, 0.1) is 5.92 Å². The number of ether oxygens (including phenoxy) is 1. The molecule has 0 bridgehead atoms. The molecule has 94 valence electrons. The Kier molecular flexibility index (Phi) is 4.34. The molecule has 4 heteroatoms. The van der Waals surface area contributed by atoms with Crippen LogP contribution in [0.3, 0.4) is 0 Å². The molecule has 4 nitrogen and oxygen atoms in total. The molecule has 1 fully saturated rings. The van der Waals surface area contributed by atoms with Crippen LogP contribution >= 0.6 is 0 Å². The fourth-order valence-electron chi connectivity index (χ4n) is 2.32. The molecule has 1 aromatic rings. The maximum Gasteiger partial charge on any atom is 0.0552 e. The van der Waals surface area contributed by atoms with Crippen LogP contribution in [0.2, 0.25) is 0 Å². The minimum Gasteiger partial charge on any atom is -0.384 e. The van der Waals surface area contributed by atoms with Gasteiger partial charge in [0, 0.05) is 33.4 Å². The number of nitrogens with zero attached hydrogens (tertiary/aromatic N) is 2. The number of hydrogen-bond acceptors (Lipinski definition) is 4. The third-order valence-corrected chi connectivity index (χ3v) is 3.40. The number of pyridine rings is 1. The highest BCUT2D eigenvalue weighted by Crippen LogP contribution is 2.22. The molecule has 0 radical (unpaired) electrons. The van der Waals surface area contributed by atoms with Crippen LogP contribution in [0.1, 0.15) is 18.5 Å². The first-order chi connectivity index (χ1) is 8.33. The second kappa shape index (κ2) is 5.98. The van der Waals surface area contributed by atoms with Crippen LogP contribution in [0.4, 0.5) is 5.69 Å². The minimum absolute atomic E-state index is 0.510. The monoisotopic (exact) mass is 235 g/mol. The van der Waals surface area contributed by atoms with E-state index in [1.807, 2.05) is 12.3 Å². The Bertz CT molecular complexity index is 331. The van der Waals surface area contributed by atoms with Crippen LogP contribution in [-0.2, 0) is 11.3 Å². The van der Waals surface area contributed by atoms with Gasteiger partial charge in [-0.15, -0.1) is 0 Å². The number of hydrogen-bond donors (Lipinski definition) is 1. The molecule has 1 aliphatic heterocycles. The van der Waals surface area contributed by atoms with Crippen molar-refractivity contribution in [3.05, 3.63) is 24.0 Å². The first kappa shape index (κ1) is 12.3. The summed E-state index contributed by atoms with van der Waals surface area (Å²) in [6.45, 7) is 3.59. The highest BCUT2D eigenvalue weighted by atomic mass is 16.5. The third-order valence-electron chi connectivity index (χ3n) is 3.40. The summed E-state index contributed by atoms with van der Waals surface area (Å²) >= 11 is 0. The van der Waals surface area contributed by atoms with E-state index in [9.17, 15) is 0 Å². The van der Waals surface area contributed by atoms with Gasteiger partial charge in [-0.2, -0.15) is 0 Å². The Hall–Kier alpha value is -1.13. The van der Waals surface area contributed by atoms with E-state index < -0.39 is 0 Å². The summed E-state index contributed by atoms with van der Waals surface area (Å²) in [4.78, 5) is 6.72. The van der Waals surface area contributed by atoms with Gasteiger partial charge in [-0.3, -0.25) is 4.98 Å². The van der Waals surface area contributed by atoms with Crippen molar-refractivity contribution in [2.45, 2.75) is 19.4 Å². The second-order valence-electron chi connectivity index (χ2n) is 4.60. The van der Waals surface area contributed by atoms with Gasteiger partial charge in [-0.05, 0) is 30.9 Å². The third kappa shape index (κ3) is 3.17. The van der Waals surface area contributed by atoms with Crippen molar-refractivity contribution < 1.29 is 4.74 Å². The number of piperidine rings is 1. The summed E-state index contributed by atoms with van der Waals surface area (Å²) < 4.78 is 5.21. The lowest BCUT2D eigenvalue weighted by molar-refractivity contribution is 0.139. The van der Waals surface area contributed by atoms with Crippen molar-refractivity contribution in [1.82, 2.24) is 4.98 Å². The van der Waals surface area contributed by atoms with Gasteiger partial charge in [0.15, 0.2) is 0 Å². The van der Waals surface area contributed by atoms with E-state index in [1.165, 1.54) is 18.5 Å². The molecule has 0 spiro atoms. The van der Waals surface area contributed by atoms with Gasteiger partial charge in [0.2, 0.25) is 0 Å². The fourth-order valence-corrected chi connectivity index (χ4v) is 2.32. The van der Waals surface area contributed by atoms with Crippen molar-refractivity contribution in [2.24, 2.45) is 11.7 Å². The normalized spacial score (nSPS) is 17.4. The summed E-state index contributed by atoms with van der Waals surface area (Å²) in [5.74, 6) is 0.715. The SMILES string of the molecule is COCC1CCN(c2ccc(CN)nc2)CC1. The summed E-state index contributed by atoms with van der Waals surface area (Å²) in [5.41, 5.74) is 7.69. The first-order valence-electron chi connectivity index (χ1n) is 6.22. The predicted molar refractivity (Wildman–Crippen MR) is 68.9 cm³/mol. The summed E-state index contributed by atoms with van der Waals surface area (Å²) in [7, 11) is 1.78. The standard InChI is InChI=1S/C13H21N3O/c1-17-10-11-4-6-16(7-5-11)13-3-2-12(8-14)15-9-13/h2-3,9,11H,4-8,10,14H2,1H3. The van der Waals surface area contributed by atoms with E-state index in [0.717, 1.165) is 25.4 Å². The molecule has 1 aromatic heterocycles. The first-order valence-corrected chi connectivity index (χ1v) is 6.22. The van der Waals surface area contributed by atoms with Crippen molar-refractivity contribution in [2.75, 3.05) is 31.7 Å². The summed E-state index contributed by atoms with van der Waals surface area (Å²) in [6.07, 6.45) is 4.33. The van der Waals surface area contributed by atoms with Crippen molar-refractivity contribution >= 4 is 5.69 Å². The Morgan fingerprint density at radius 2 is 2.18 bits per heavy atom. The zero-order chi connectivity index (χ0) is 12.1. The average Bonchev–Trinajstić information content (AvgIpc) is 2.40. The van der Waals surface area contributed by atoms with E-state index in [0.29, 0.717) is 12.5 Å². The van der Waals surface area contributed by atoms with Crippen LogP contribution < -0.4 is 10.6 Å². The zero-order valence-corrected chi connectivity index (χ0v) is 10.4. The molecule has 17 heavy (non-hydrogen) atoms. The predicted octanol–water partition coefficient (Wildman–Crippen LogP) is 1.40. The number of aromatic nitrogens is 1. The molecule has 0 aromatic carbocycles.